The fourth-order valence-corrected chi connectivity index (χ4v) is 1.89. The molecule has 0 heterocycles. The molecule has 21 heavy (non-hydrogen) atoms. The van der Waals surface area contributed by atoms with Gasteiger partial charge in [0.2, 0.25) is 0 Å². The number of aliphatic hydroxyl groups is 1. The van der Waals surface area contributed by atoms with E-state index in [9.17, 15) is 4.39 Å². The van der Waals surface area contributed by atoms with Crippen LogP contribution in [0.4, 0.5) is 4.39 Å². The minimum atomic E-state index is -0.405. The van der Waals surface area contributed by atoms with Gasteiger partial charge in [0.15, 0.2) is 0 Å². The fraction of sp³-hybridized carbons (Fsp3) is 0.176. The van der Waals surface area contributed by atoms with Crippen molar-refractivity contribution in [3.8, 4) is 11.8 Å². The number of aliphatic hydroxyl groups excluding tert-OH is 1. The molecule has 0 saturated heterocycles. The molecule has 4 heteroatoms. The van der Waals surface area contributed by atoms with E-state index in [1.165, 1.54) is 6.07 Å². The number of ether oxygens (including phenoxy) is 1. The van der Waals surface area contributed by atoms with Gasteiger partial charge >= 0.3 is 0 Å². The third-order valence-electron chi connectivity index (χ3n) is 2.78. The van der Waals surface area contributed by atoms with Crippen molar-refractivity contribution in [1.82, 2.24) is 0 Å². The highest BCUT2D eigenvalue weighted by Crippen LogP contribution is 2.13. The SMILES string of the molecule is OCC#Cc1cc(COCc2ccc(Cl)cc2)ccc1F. The molecule has 0 saturated carbocycles. The minimum absolute atomic E-state index is 0.261. The van der Waals surface area contributed by atoms with Crippen molar-refractivity contribution in [1.29, 1.82) is 0 Å². The van der Waals surface area contributed by atoms with Crippen molar-refractivity contribution in [2.24, 2.45) is 0 Å². The summed E-state index contributed by atoms with van der Waals surface area (Å²) in [5.41, 5.74) is 2.10. The highest BCUT2D eigenvalue weighted by atomic mass is 35.5. The van der Waals surface area contributed by atoms with Gasteiger partial charge < -0.3 is 9.84 Å². The first-order chi connectivity index (χ1) is 10.2. The summed E-state index contributed by atoms with van der Waals surface area (Å²) in [6, 6.07) is 12.0. The summed E-state index contributed by atoms with van der Waals surface area (Å²) in [6.45, 7) is 0.514. The Morgan fingerprint density at radius 3 is 2.43 bits per heavy atom. The highest BCUT2D eigenvalue weighted by Gasteiger charge is 2.02. The quantitative estimate of drug-likeness (QED) is 0.876. The molecule has 0 aliphatic heterocycles. The normalized spacial score (nSPS) is 10.0. The molecule has 0 aliphatic carbocycles. The van der Waals surface area contributed by atoms with E-state index in [0.717, 1.165) is 11.1 Å². The van der Waals surface area contributed by atoms with Crippen LogP contribution in [0, 0.1) is 17.7 Å². The van der Waals surface area contributed by atoms with Gasteiger partial charge in [-0.3, -0.25) is 0 Å². The van der Waals surface area contributed by atoms with E-state index < -0.39 is 5.82 Å². The van der Waals surface area contributed by atoms with E-state index in [0.29, 0.717) is 18.2 Å². The zero-order valence-corrected chi connectivity index (χ0v) is 12.0. The average molecular weight is 305 g/mol. The largest absolute Gasteiger partial charge is 0.384 e. The van der Waals surface area contributed by atoms with Gasteiger partial charge in [0.1, 0.15) is 12.4 Å². The van der Waals surface area contributed by atoms with E-state index in [4.69, 9.17) is 21.4 Å². The molecule has 1 N–H and O–H groups in total. The first-order valence-electron chi connectivity index (χ1n) is 6.39. The Bertz CT molecular complexity index is 657. The van der Waals surface area contributed by atoms with Gasteiger partial charge in [0.05, 0.1) is 18.8 Å². The first-order valence-corrected chi connectivity index (χ1v) is 6.77. The van der Waals surface area contributed by atoms with E-state index >= 15 is 0 Å². The summed E-state index contributed by atoms with van der Waals surface area (Å²) in [5, 5.41) is 9.33. The predicted molar refractivity (Wildman–Crippen MR) is 80.3 cm³/mol. The second-order valence-corrected chi connectivity index (χ2v) is 4.83. The maximum atomic E-state index is 13.5. The molecule has 108 valence electrons. The summed E-state index contributed by atoms with van der Waals surface area (Å²) in [7, 11) is 0. The Kier molecular flexibility index (Phi) is 5.77. The Morgan fingerprint density at radius 1 is 1.05 bits per heavy atom. The van der Waals surface area contributed by atoms with Gasteiger partial charge in [-0.15, -0.1) is 0 Å². The number of benzene rings is 2. The van der Waals surface area contributed by atoms with Crippen LogP contribution in [0.25, 0.3) is 0 Å². The van der Waals surface area contributed by atoms with E-state index in [1.54, 1.807) is 24.3 Å². The summed E-state index contributed by atoms with van der Waals surface area (Å²) in [5.74, 6) is 4.60. The molecule has 2 aromatic rings. The average Bonchev–Trinajstić information content (AvgIpc) is 2.49. The third-order valence-corrected chi connectivity index (χ3v) is 3.04. The minimum Gasteiger partial charge on any atom is -0.384 e. The molecule has 0 fully saturated rings. The van der Waals surface area contributed by atoms with Crippen LogP contribution in [0.1, 0.15) is 16.7 Å². The van der Waals surface area contributed by atoms with Crippen LogP contribution in [0.5, 0.6) is 0 Å². The van der Waals surface area contributed by atoms with Gasteiger partial charge in [-0.25, -0.2) is 4.39 Å². The van der Waals surface area contributed by atoms with Crippen molar-refractivity contribution < 1.29 is 14.2 Å². The molecule has 0 bridgehead atoms. The highest BCUT2D eigenvalue weighted by molar-refractivity contribution is 6.30. The first kappa shape index (κ1) is 15.5. The van der Waals surface area contributed by atoms with Crippen LogP contribution in [-0.2, 0) is 18.0 Å². The van der Waals surface area contributed by atoms with Crippen LogP contribution < -0.4 is 0 Å². The molecular formula is C17H14ClFO2. The van der Waals surface area contributed by atoms with Crippen LogP contribution >= 0.6 is 11.6 Å². The van der Waals surface area contributed by atoms with Crippen molar-refractivity contribution in [2.45, 2.75) is 13.2 Å². The van der Waals surface area contributed by atoms with Crippen molar-refractivity contribution >= 4 is 11.6 Å². The standard InChI is InChI=1S/C17H14ClFO2/c18-16-6-3-13(4-7-16)11-21-12-14-5-8-17(19)15(10-14)2-1-9-20/h3-8,10,20H,9,11-12H2. The summed E-state index contributed by atoms with van der Waals surface area (Å²) in [4.78, 5) is 0. The Morgan fingerprint density at radius 2 is 1.71 bits per heavy atom. The number of halogens is 2. The fourth-order valence-electron chi connectivity index (χ4n) is 1.76. The maximum Gasteiger partial charge on any atom is 0.138 e. The van der Waals surface area contributed by atoms with Crippen molar-refractivity contribution in [3.05, 3.63) is 70.0 Å². The molecule has 0 spiro atoms. The predicted octanol–water partition coefficient (Wildman–Crippen LogP) is 3.54. The second-order valence-electron chi connectivity index (χ2n) is 4.39. The van der Waals surface area contributed by atoms with Crippen LogP contribution in [0.15, 0.2) is 42.5 Å². The molecule has 2 nitrogen and oxygen atoms in total. The number of rotatable bonds is 4. The van der Waals surface area contributed by atoms with Gasteiger partial charge in [0.25, 0.3) is 0 Å². The summed E-state index contributed by atoms with van der Waals surface area (Å²) < 4.78 is 19.1. The molecule has 0 amide bonds. The Balaban J connectivity index is 1.95. The van der Waals surface area contributed by atoms with Gasteiger partial charge in [-0.05, 0) is 35.4 Å². The lowest BCUT2D eigenvalue weighted by Gasteiger charge is -2.06. The zero-order valence-electron chi connectivity index (χ0n) is 11.3. The monoisotopic (exact) mass is 304 g/mol. The van der Waals surface area contributed by atoms with Gasteiger partial charge in [0, 0.05) is 5.02 Å². The number of hydrogen-bond acceptors (Lipinski definition) is 2. The zero-order chi connectivity index (χ0) is 15.1. The van der Waals surface area contributed by atoms with Crippen LogP contribution in [-0.4, -0.2) is 11.7 Å². The topological polar surface area (TPSA) is 29.5 Å². The number of hydrogen-bond donors (Lipinski definition) is 1. The van der Waals surface area contributed by atoms with Crippen molar-refractivity contribution in [2.75, 3.05) is 6.61 Å². The molecular weight excluding hydrogens is 291 g/mol. The molecule has 2 rings (SSSR count). The second kappa shape index (κ2) is 7.80. The molecule has 0 aliphatic rings. The third kappa shape index (κ3) is 4.87. The lowest BCUT2D eigenvalue weighted by atomic mass is 10.1. The summed E-state index contributed by atoms with van der Waals surface area (Å²) >= 11 is 5.81. The lowest BCUT2D eigenvalue weighted by molar-refractivity contribution is 0.107. The molecule has 0 unspecified atom stereocenters. The van der Waals surface area contributed by atoms with E-state index in [1.807, 2.05) is 12.1 Å². The Hall–Kier alpha value is -1.86. The lowest BCUT2D eigenvalue weighted by Crippen LogP contribution is -1.96. The van der Waals surface area contributed by atoms with E-state index in [2.05, 4.69) is 11.8 Å². The van der Waals surface area contributed by atoms with Crippen LogP contribution in [0.2, 0.25) is 5.02 Å². The molecule has 2 aromatic carbocycles. The van der Waals surface area contributed by atoms with Crippen molar-refractivity contribution in [3.63, 3.8) is 0 Å². The molecule has 0 radical (unpaired) electrons. The maximum absolute atomic E-state index is 13.5. The molecule has 0 atom stereocenters. The smallest absolute Gasteiger partial charge is 0.138 e. The summed E-state index contributed by atoms with van der Waals surface area (Å²) in [6.07, 6.45) is 0. The van der Waals surface area contributed by atoms with Gasteiger partial charge in [-0.2, -0.15) is 0 Å². The molecule has 0 aromatic heterocycles. The van der Waals surface area contributed by atoms with E-state index in [-0.39, 0.29) is 12.2 Å². The Labute approximate surface area is 128 Å². The van der Waals surface area contributed by atoms with Crippen LogP contribution in [0.3, 0.4) is 0 Å². The van der Waals surface area contributed by atoms with Gasteiger partial charge in [-0.1, -0.05) is 41.6 Å².